The summed E-state index contributed by atoms with van der Waals surface area (Å²) in [5, 5.41) is 8.66. The van der Waals surface area contributed by atoms with Crippen LogP contribution in [0.4, 0.5) is 5.69 Å². The predicted molar refractivity (Wildman–Crippen MR) is 47.8 cm³/mol. The standard InChI is InChI=1S/C7H7NO4S/c9-7(10)5-3-1-2-4-6(5)8-13(11)12/h1-4,8H,(H,9,10)(H,11,12). The SMILES string of the molecule is O=C(O)c1ccccc1NS(=O)O. The lowest BCUT2D eigenvalue weighted by Crippen LogP contribution is -2.07. The molecular formula is C7H7NO4S. The van der Waals surface area contributed by atoms with Crippen molar-refractivity contribution in [3.8, 4) is 0 Å². The smallest absolute Gasteiger partial charge is 0.337 e. The maximum Gasteiger partial charge on any atom is 0.337 e. The molecule has 1 rings (SSSR count). The summed E-state index contributed by atoms with van der Waals surface area (Å²) in [4.78, 5) is 10.6. The minimum Gasteiger partial charge on any atom is -0.478 e. The van der Waals surface area contributed by atoms with Crippen molar-refractivity contribution >= 4 is 22.9 Å². The van der Waals surface area contributed by atoms with Crippen molar-refractivity contribution in [3.05, 3.63) is 29.8 Å². The van der Waals surface area contributed by atoms with Crippen LogP contribution < -0.4 is 4.72 Å². The lowest BCUT2D eigenvalue weighted by atomic mass is 10.2. The molecular weight excluding hydrogens is 194 g/mol. The third-order valence-electron chi connectivity index (χ3n) is 1.35. The van der Waals surface area contributed by atoms with Gasteiger partial charge in [-0.2, -0.15) is 0 Å². The van der Waals surface area contributed by atoms with Crippen LogP contribution in [-0.2, 0) is 11.3 Å². The Morgan fingerprint density at radius 2 is 2.00 bits per heavy atom. The molecule has 0 spiro atoms. The minimum absolute atomic E-state index is 0.0371. The van der Waals surface area contributed by atoms with Gasteiger partial charge in [-0.15, -0.1) is 0 Å². The zero-order chi connectivity index (χ0) is 9.84. The quantitative estimate of drug-likeness (QED) is 0.635. The number of aromatic carboxylic acids is 1. The molecule has 0 saturated heterocycles. The number of nitrogens with one attached hydrogen (secondary N) is 1. The van der Waals surface area contributed by atoms with Gasteiger partial charge in [-0.1, -0.05) is 12.1 Å². The largest absolute Gasteiger partial charge is 0.478 e. The third kappa shape index (κ3) is 2.53. The molecule has 0 heterocycles. The van der Waals surface area contributed by atoms with Crippen molar-refractivity contribution in [3.63, 3.8) is 0 Å². The van der Waals surface area contributed by atoms with Crippen molar-refractivity contribution < 1.29 is 18.7 Å². The molecule has 6 heteroatoms. The van der Waals surface area contributed by atoms with E-state index in [1.54, 1.807) is 6.07 Å². The van der Waals surface area contributed by atoms with Crippen LogP contribution in [0.1, 0.15) is 10.4 Å². The van der Waals surface area contributed by atoms with Gasteiger partial charge in [0.1, 0.15) is 0 Å². The molecule has 0 amide bonds. The molecule has 0 saturated carbocycles. The molecule has 0 bridgehead atoms. The van der Waals surface area contributed by atoms with Crippen molar-refractivity contribution in [1.29, 1.82) is 0 Å². The van der Waals surface area contributed by atoms with Gasteiger partial charge in [0.25, 0.3) is 11.3 Å². The zero-order valence-corrected chi connectivity index (χ0v) is 7.25. The summed E-state index contributed by atoms with van der Waals surface area (Å²) in [6.07, 6.45) is 0. The average molecular weight is 201 g/mol. The first-order valence-electron chi connectivity index (χ1n) is 3.31. The molecule has 0 aromatic heterocycles. The summed E-state index contributed by atoms with van der Waals surface area (Å²) in [6, 6.07) is 5.87. The fourth-order valence-corrected chi connectivity index (χ4v) is 1.22. The highest BCUT2D eigenvalue weighted by molar-refractivity contribution is 7.80. The van der Waals surface area contributed by atoms with E-state index in [2.05, 4.69) is 4.72 Å². The molecule has 0 radical (unpaired) electrons. The van der Waals surface area contributed by atoms with Crippen LogP contribution in [0.2, 0.25) is 0 Å². The van der Waals surface area contributed by atoms with Crippen LogP contribution in [0.5, 0.6) is 0 Å². The van der Waals surface area contributed by atoms with E-state index in [4.69, 9.17) is 9.66 Å². The maximum absolute atomic E-state index is 10.6. The Kier molecular flexibility index (Phi) is 2.99. The van der Waals surface area contributed by atoms with E-state index in [1.165, 1.54) is 18.2 Å². The molecule has 1 aromatic rings. The van der Waals surface area contributed by atoms with E-state index in [-0.39, 0.29) is 11.3 Å². The Morgan fingerprint density at radius 3 is 2.54 bits per heavy atom. The number of carboxylic acid groups (broad SMARTS) is 1. The molecule has 1 atom stereocenters. The van der Waals surface area contributed by atoms with Crippen molar-refractivity contribution in [1.82, 2.24) is 0 Å². The number of anilines is 1. The second-order valence-electron chi connectivity index (χ2n) is 2.20. The summed E-state index contributed by atoms with van der Waals surface area (Å²) in [5.74, 6) is -1.14. The Bertz CT molecular complexity index is 352. The predicted octanol–water partition coefficient (Wildman–Crippen LogP) is 0.933. The van der Waals surface area contributed by atoms with Crippen LogP contribution in [0.25, 0.3) is 0 Å². The summed E-state index contributed by atoms with van der Waals surface area (Å²) >= 11 is -2.26. The number of carboxylic acids is 1. The highest BCUT2D eigenvalue weighted by Crippen LogP contribution is 2.14. The number of para-hydroxylation sites is 1. The van der Waals surface area contributed by atoms with Gasteiger partial charge in [0.05, 0.1) is 11.3 Å². The van der Waals surface area contributed by atoms with Crippen molar-refractivity contribution in [2.45, 2.75) is 0 Å². The second-order valence-corrected chi connectivity index (χ2v) is 2.90. The van der Waals surface area contributed by atoms with Crippen LogP contribution in [0, 0.1) is 0 Å². The molecule has 70 valence electrons. The summed E-state index contributed by atoms with van der Waals surface area (Å²) < 4.78 is 20.9. The monoisotopic (exact) mass is 201 g/mol. The Labute approximate surface area is 76.8 Å². The lowest BCUT2D eigenvalue weighted by molar-refractivity contribution is 0.0698. The van der Waals surface area contributed by atoms with E-state index in [1.807, 2.05) is 0 Å². The first-order chi connectivity index (χ1) is 6.11. The summed E-state index contributed by atoms with van der Waals surface area (Å²) in [5.41, 5.74) is 0.0840. The Balaban J connectivity index is 3.04. The van der Waals surface area contributed by atoms with Crippen LogP contribution in [-0.4, -0.2) is 19.8 Å². The van der Waals surface area contributed by atoms with E-state index >= 15 is 0 Å². The number of hydrogen-bond donors (Lipinski definition) is 3. The molecule has 5 nitrogen and oxygen atoms in total. The normalized spacial score (nSPS) is 12.1. The van der Waals surface area contributed by atoms with Crippen molar-refractivity contribution in [2.75, 3.05) is 4.72 Å². The number of carbonyl (C=O) groups is 1. The summed E-state index contributed by atoms with van der Waals surface area (Å²) in [7, 11) is 0. The third-order valence-corrected chi connectivity index (χ3v) is 1.75. The van der Waals surface area contributed by atoms with Crippen molar-refractivity contribution in [2.24, 2.45) is 0 Å². The van der Waals surface area contributed by atoms with Gasteiger partial charge in [-0.25, -0.2) is 9.00 Å². The molecule has 1 aromatic carbocycles. The van der Waals surface area contributed by atoms with Gasteiger partial charge in [-0.3, -0.25) is 9.27 Å². The first-order valence-corrected chi connectivity index (χ1v) is 4.42. The second kappa shape index (κ2) is 4.01. The van der Waals surface area contributed by atoms with Gasteiger partial charge in [-0.05, 0) is 12.1 Å². The maximum atomic E-state index is 10.6. The van der Waals surface area contributed by atoms with E-state index in [0.29, 0.717) is 0 Å². The van der Waals surface area contributed by atoms with Crippen LogP contribution >= 0.6 is 0 Å². The fraction of sp³-hybridized carbons (Fsp3) is 0. The average Bonchev–Trinajstić information content (AvgIpc) is 2.03. The van der Waals surface area contributed by atoms with E-state index in [0.717, 1.165) is 0 Å². The zero-order valence-electron chi connectivity index (χ0n) is 6.43. The lowest BCUT2D eigenvalue weighted by Gasteiger charge is -2.04. The minimum atomic E-state index is -2.26. The highest BCUT2D eigenvalue weighted by Gasteiger charge is 2.09. The molecule has 0 aliphatic heterocycles. The van der Waals surface area contributed by atoms with E-state index in [9.17, 15) is 9.00 Å². The van der Waals surface area contributed by atoms with Gasteiger partial charge in [0.2, 0.25) is 0 Å². The summed E-state index contributed by atoms with van der Waals surface area (Å²) in [6.45, 7) is 0. The Morgan fingerprint density at radius 1 is 1.38 bits per heavy atom. The molecule has 3 N–H and O–H groups in total. The van der Waals surface area contributed by atoms with Crippen LogP contribution in [0.15, 0.2) is 24.3 Å². The Hall–Kier alpha value is -1.40. The molecule has 0 aliphatic carbocycles. The van der Waals surface area contributed by atoms with E-state index < -0.39 is 17.2 Å². The van der Waals surface area contributed by atoms with Crippen LogP contribution in [0.3, 0.4) is 0 Å². The number of benzene rings is 1. The van der Waals surface area contributed by atoms with Gasteiger partial charge in [0, 0.05) is 0 Å². The fourth-order valence-electron chi connectivity index (χ4n) is 0.853. The van der Waals surface area contributed by atoms with Gasteiger partial charge >= 0.3 is 5.97 Å². The van der Waals surface area contributed by atoms with Gasteiger partial charge < -0.3 is 5.11 Å². The molecule has 0 fully saturated rings. The molecule has 13 heavy (non-hydrogen) atoms. The highest BCUT2D eigenvalue weighted by atomic mass is 32.2. The molecule has 1 unspecified atom stereocenters. The topological polar surface area (TPSA) is 86.6 Å². The number of rotatable bonds is 3. The number of hydrogen-bond acceptors (Lipinski definition) is 2. The molecule has 0 aliphatic rings. The first kappa shape index (κ1) is 9.69. The van der Waals surface area contributed by atoms with Gasteiger partial charge in [0.15, 0.2) is 0 Å².